The zero-order chi connectivity index (χ0) is 9.99. The molecule has 0 nitrogen and oxygen atoms in total. The Kier molecular flexibility index (Phi) is 3.54. The number of rotatable bonds is 4. The quantitative estimate of drug-likeness (QED) is 0.587. The van der Waals surface area contributed by atoms with Crippen molar-refractivity contribution in [2.45, 2.75) is 46.0 Å². The van der Waals surface area contributed by atoms with Crippen LogP contribution in [0.1, 0.15) is 33.6 Å². The standard InChI is InChI=1S/C8H14F4/c1-4-5-7(2,3)8(11,12)6(9)10/h6H,4-5H2,1-3H3. The maximum atomic E-state index is 12.8. The lowest BCUT2D eigenvalue weighted by molar-refractivity contribution is -0.199. The molecular weight excluding hydrogens is 172 g/mol. The Morgan fingerprint density at radius 3 is 1.83 bits per heavy atom. The first-order chi connectivity index (χ1) is 5.25. The predicted octanol–water partition coefficient (Wildman–Crippen LogP) is 3.71. The minimum Gasteiger partial charge on any atom is -0.204 e. The molecule has 0 radical (unpaired) electrons. The van der Waals surface area contributed by atoms with Crippen LogP contribution in [0.4, 0.5) is 17.6 Å². The Bertz CT molecular complexity index is 140. The third kappa shape index (κ3) is 2.11. The van der Waals surface area contributed by atoms with E-state index in [4.69, 9.17) is 0 Å². The summed E-state index contributed by atoms with van der Waals surface area (Å²) in [6.45, 7) is 4.04. The van der Waals surface area contributed by atoms with Crippen LogP contribution in [-0.4, -0.2) is 12.3 Å². The van der Waals surface area contributed by atoms with Gasteiger partial charge in [0, 0.05) is 5.41 Å². The first-order valence-electron chi connectivity index (χ1n) is 3.91. The fourth-order valence-corrected chi connectivity index (χ4v) is 1.09. The van der Waals surface area contributed by atoms with Gasteiger partial charge in [0.15, 0.2) is 0 Å². The van der Waals surface area contributed by atoms with E-state index < -0.39 is 17.8 Å². The molecule has 0 aromatic heterocycles. The van der Waals surface area contributed by atoms with E-state index in [9.17, 15) is 17.6 Å². The molecule has 4 heteroatoms. The molecule has 0 heterocycles. The molecule has 0 saturated carbocycles. The maximum Gasteiger partial charge on any atom is 0.312 e. The summed E-state index contributed by atoms with van der Waals surface area (Å²) in [6.07, 6.45) is -2.99. The topological polar surface area (TPSA) is 0 Å². The highest BCUT2D eigenvalue weighted by Crippen LogP contribution is 2.43. The first-order valence-corrected chi connectivity index (χ1v) is 3.91. The van der Waals surface area contributed by atoms with Crippen molar-refractivity contribution in [3.8, 4) is 0 Å². The number of hydrogen-bond donors (Lipinski definition) is 0. The molecule has 12 heavy (non-hydrogen) atoms. The van der Waals surface area contributed by atoms with Crippen LogP contribution >= 0.6 is 0 Å². The summed E-state index contributed by atoms with van der Waals surface area (Å²) in [7, 11) is 0. The van der Waals surface area contributed by atoms with Crippen LogP contribution in [-0.2, 0) is 0 Å². The largest absolute Gasteiger partial charge is 0.312 e. The van der Waals surface area contributed by atoms with Gasteiger partial charge in [0.25, 0.3) is 0 Å². The average Bonchev–Trinajstić information content (AvgIpc) is 1.86. The van der Waals surface area contributed by atoms with Gasteiger partial charge in [0.05, 0.1) is 0 Å². The van der Waals surface area contributed by atoms with Crippen LogP contribution in [0.2, 0.25) is 0 Å². The molecule has 0 fully saturated rings. The molecule has 0 N–H and O–H groups in total. The molecule has 0 aliphatic rings. The number of hydrogen-bond acceptors (Lipinski definition) is 0. The molecule has 0 aliphatic heterocycles. The van der Waals surface area contributed by atoms with Crippen molar-refractivity contribution in [2.75, 3.05) is 0 Å². The van der Waals surface area contributed by atoms with Gasteiger partial charge in [0.2, 0.25) is 0 Å². The molecule has 0 aromatic rings. The second kappa shape index (κ2) is 3.62. The summed E-state index contributed by atoms with van der Waals surface area (Å²) in [5, 5.41) is 0. The normalized spacial score (nSPS) is 14.0. The number of halogens is 4. The molecule has 0 bridgehead atoms. The van der Waals surface area contributed by atoms with Crippen LogP contribution in [0.3, 0.4) is 0 Å². The van der Waals surface area contributed by atoms with Crippen LogP contribution < -0.4 is 0 Å². The summed E-state index contributed by atoms with van der Waals surface area (Å²) in [5.41, 5.74) is -1.62. The molecule has 0 spiro atoms. The predicted molar refractivity (Wildman–Crippen MR) is 39.6 cm³/mol. The minimum absolute atomic E-state index is 0.102. The molecule has 0 aromatic carbocycles. The van der Waals surface area contributed by atoms with Crippen LogP contribution in [0.5, 0.6) is 0 Å². The Hall–Kier alpha value is -0.280. The lowest BCUT2D eigenvalue weighted by Gasteiger charge is -2.33. The van der Waals surface area contributed by atoms with Crippen LogP contribution in [0.25, 0.3) is 0 Å². The van der Waals surface area contributed by atoms with Gasteiger partial charge in [-0.15, -0.1) is 0 Å². The van der Waals surface area contributed by atoms with Gasteiger partial charge in [-0.2, -0.15) is 8.78 Å². The first kappa shape index (κ1) is 11.7. The number of alkyl halides is 4. The second-order valence-electron chi connectivity index (χ2n) is 3.56. The molecule has 0 atom stereocenters. The van der Waals surface area contributed by atoms with Crippen molar-refractivity contribution < 1.29 is 17.6 Å². The van der Waals surface area contributed by atoms with Gasteiger partial charge in [-0.25, -0.2) is 8.78 Å². The van der Waals surface area contributed by atoms with E-state index in [1.165, 1.54) is 13.8 Å². The van der Waals surface area contributed by atoms with E-state index in [2.05, 4.69) is 0 Å². The molecular formula is C8H14F4. The Morgan fingerprint density at radius 2 is 1.58 bits per heavy atom. The van der Waals surface area contributed by atoms with E-state index in [0.29, 0.717) is 6.42 Å². The SMILES string of the molecule is CCCC(C)(C)C(F)(F)C(F)F. The van der Waals surface area contributed by atoms with E-state index in [-0.39, 0.29) is 6.42 Å². The van der Waals surface area contributed by atoms with Gasteiger partial charge in [-0.1, -0.05) is 27.2 Å². The van der Waals surface area contributed by atoms with Crippen LogP contribution in [0, 0.1) is 5.41 Å². The summed E-state index contributed by atoms with van der Waals surface area (Å²) >= 11 is 0. The average molecular weight is 186 g/mol. The maximum absolute atomic E-state index is 12.8. The van der Waals surface area contributed by atoms with E-state index >= 15 is 0 Å². The summed E-state index contributed by atoms with van der Waals surface area (Å²) in [5.74, 6) is -3.89. The van der Waals surface area contributed by atoms with Crippen molar-refractivity contribution in [1.82, 2.24) is 0 Å². The highest BCUT2D eigenvalue weighted by molar-refractivity contribution is 4.86. The summed E-state index contributed by atoms with van der Waals surface area (Å²) in [4.78, 5) is 0. The van der Waals surface area contributed by atoms with E-state index in [1.54, 1.807) is 6.92 Å². The van der Waals surface area contributed by atoms with E-state index in [1.807, 2.05) is 0 Å². The lowest BCUT2D eigenvalue weighted by atomic mass is 9.81. The Morgan fingerprint density at radius 1 is 1.17 bits per heavy atom. The van der Waals surface area contributed by atoms with Crippen molar-refractivity contribution in [3.63, 3.8) is 0 Å². The van der Waals surface area contributed by atoms with Crippen molar-refractivity contribution in [1.29, 1.82) is 0 Å². The lowest BCUT2D eigenvalue weighted by Crippen LogP contribution is -2.42. The smallest absolute Gasteiger partial charge is 0.204 e. The fraction of sp³-hybridized carbons (Fsp3) is 1.00. The Balaban J connectivity index is 4.50. The molecule has 0 rings (SSSR count). The monoisotopic (exact) mass is 186 g/mol. The Labute approximate surface area is 70.0 Å². The third-order valence-electron chi connectivity index (χ3n) is 2.05. The minimum atomic E-state index is -3.89. The van der Waals surface area contributed by atoms with Crippen molar-refractivity contribution in [2.24, 2.45) is 5.41 Å². The van der Waals surface area contributed by atoms with Gasteiger partial charge >= 0.3 is 12.3 Å². The fourth-order valence-electron chi connectivity index (χ4n) is 1.09. The van der Waals surface area contributed by atoms with Crippen molar-refractivity contribution in [3.05, 3.63) is 0 Å². The molecule has 0 saturated heterocycles. The molecule has 0 unspecified atom stereocenters. The van der Waals surface area contributed by atoms with Crippen molar-refractivity contribution >= 4 is 0 Å². The zero-order valence-corrected chi connectivity index (χ0v) is 7.50. The van der Waals surface area contributed by atoms with Gasteiger partial charge in [0.1, 0.15) is 0 Å². The second-order valence-corrected chi connectivity index (χ2v) is 3.56. The van der Waals surface area contributed by atoms with Crippen LogP contribution in [0.15, 0.2) is 0 Å². The zero-order valence-electron chi connectivity index (χ0n) is 7.50. The molecule has 0 aliphatic carbocycles. The molecule has 74 valence electrons. The van der Waals surface area contributed by atoms with Gasteiger partial charge in [-0.05, 0) is 6.42 Å². The summed E-state index contributed by atoms with van der Waals surface area (Å²) < 4.78 is 49.3. The highest BCUT2D eigenvalue weighted by Gasteiger charge is 2.53. The van der Waals surface area contributed by atoms with Gasteiger partial charge < -0.3 is 0 Å². The third-order valence-corrected chi connectivity index (χ3v) is 2.05. The molecule has 0 amide bonds. The van der Waals surface area contributed by atoms with E-state index in [0.717, 1.165) is 0 Å². The highest BCUT2D eigenvalue weighted by atomic mass is 19.3. The summed E-state index contributed by atoms with van der Waals surface area (Å²) in [6, 6.07) is 0. The van der Waals surface area contributed by atoms with Gasteiger partial charge in [-0.3, -0.25) is 0 Å².